The summed E-state index contributed by atoms with van der Waals surface area (Å²) in [4.78, 5) is 12.3. The van der Waals surface area contributed by atoms with Gasteiger partial charge in [0.15, 0.2) is 0 Å². The number of rotatable bonds is 9. The number of amides is 1. The van der Waals surface area contributed by atoms with Crippen molar-refractivity contribution in [2.24, 2.45) is 5.41 Å². The molecule has 27 heavy (non-hydrogen) atoms. The topological polar surface area (TPSA) is 47.6 Å². The van der Waals surface area contributed by atoms with Crippen LogP contribution in [-0.4, -0.2) is 32.3 Å². The van der Waals surface area contributed by atoms with E-state index in [4.69, 9.17) is 9.47 Å². The van der Waals surface area contributed by atoms with E-state index in [9.17, 15) is 4.79 Å². The summed E-state index contributed by atoms with van der Waals surface area (Å²) in [5.41, 5.74) is 3.00. The summed E-state index contributed by atoms with van der Waals surface area (Å²) < 4.78 is 11.0. The largest absolute Gasteiger partial charge is 0.491 e. The van der Waals surface area contributed by atoms with Gasteiger partial charge < -0.3 is 14.8 Å². The molecular formula is C23H31NO3. The van der Waals surface area contributed by atoms with E-state index in [1.165, 1.54) is 0 Å². The molecule has 4 heteroatoms. The highest BCUT2D eigenvalue weighted by molar-refractivity contribution is 5.94. The van der Waals surface area contributed by atoms with E-state index in [0.29, 0.717) is 31.9 Å². The van der Waals surface area contributed by atoms with Gasteiger partial charge in [0.1, 0.15) is 12.4 Å². The lowest BCUT2D eigenvalue weighted by Gasteiger charge is -2.18. The molecular weight excluding hydrogens is 338 g/mol. The number of carbonyl (C=O) groups is 1. The molecule has 146 valence electrons. The smallest absolute Gasteiger partial charge is 0.251 e. The highest BCUT2D eigenvalue weighted by Crippen LogP contribution is 2.24. The first-order chi connectivity index (χ1) is 12.9. The summed E-state index contributed by atoms with van der Waals surface area (Å²) in [6.45, 7) is 11.0. The van der Waals surface area contributed by atoms with E-state index in [1.54, 1.807) is 0 Å². The highest BCUT2D eigenvalue weighted by Gasteiger charge is 2.11. The Morgan fingerprint density at radius 1 is 1.00 bits per heavy atom. The molecule has 0 saturated carbocycles. The molecule has 0 fully saturated rings. The second-order valence-electron chi connectivity index (χ2n) is 7.72. The standard InChI is InChI=1S/C23H31NO3/c1-5-26-15-16-27-21-8-6-7-20(17-21)18-9-11-19(12-10-18)22(25)24-14-13-23(2,3)4/h6-12,17H,5,13-16H2,1-4H3,(H,24,25). The first kappa shape index (κ1) is 21.0. The Labute approximate surface area is 162 Å². The van der Waals surface area contributed by atoms with E-state index < -0.39 is 0 Å². The fourth-order valence-electron chi connectivity index (χ4n) is 2.60. The third-order valence-corrected chi connectivity index (χ3v) is 4.18. The fraction of sp³-hybridized carbons (Fsp3) is 0.435. The lowest BCUT2D eigenvalue weighted by atomic mass is 9.92. The fourth-order valence-corrected chi connectivity index (χ4v) is 2.60. The van der Waals surface area contributed by atoms with E-state index >= 15 is 0 Å². The second-order valence-corrected chi connectivity index (χ2v) is 7.72. The van der Waals surface area contributed by atoms with Crippen molar-refractivity contribution in [3.8, 4) is 16.9 Å². The number of hydrogen-bond acceptors (Lipinski definition) is 3. The van der Waals surface area contributed by atoms with Crippen molar-refractivity contribution in [3.63, 3.8) is 0 Å². The average Bonchev–Trinajstić information content (AvgIpc) is 2.64. The van der Waals surface area contributed by atoms with Gasteiger partial charge in [-0.2, -0.15) is 0 Å². The van der Waals surface area contributed by atoms with Gasteiger partial charge in [0.05, 0.1) is 6.61 Å². The maximum atomic E-state index is 12.3. The molecule has 2 rings (SSSR count). The van der Waals surface area contributed by atoms with Gasteiger partial charge in [-0.05, 0) is 54.2 Å². The van der Waals surface area contributed by atoms with Crippen LogP contribution in [0, 0.1) is 5.41 Å². The Kier molecular flexibility index (Phi) is 7.86. The highest BCUT2D eigenvalue weighted by atomic mass is 16.5. The molecule has 0 bridgehead atoms. The average molecular weight is 370 g/mol. The van der Waals surface area contributed by atoms with E-state index in [0.717, 1.165) is 23.3 Å². The zero-order chi connectivity index (χ0) is 19.7. The Bertz CT molecular complexity index is 717. The number of carbonyl (C=O) groups excluding carboxylic acids is 1. The van der Waals surface area contributed by atoms with Crippen LogP contribution in [0.5, 0.6) is 5.75 Å². The summed E-state index contributed by atoms with van der Waals surface area (Å²) in [7, 11) is 0. The Morgan fingerprint density at radius 3 is 2.41 bits per heavy atom. The Morgan fingerprint density at radius 2 is 1.74 bits per heavy atom. The zero-order valence-corrected chi connectivity index (χ0v) is 16.9. The molecule has 0 heterocycles. The summed E-state index contributed by atoms with van der Waals surface area (Å²) >= 11 is 0. The van der Waals surface area contributed by atoms with E-state index in [2.05, 4.69) is 26.1 Å². The van der Waals surface area contributed by atoms with Crippen LogP contribution in [0.15, 0.2) is 48.5 Å². The first-order valence-electron chi connectivity index (χ1n) is 9.58. The van der Waals surface area contributed by atoms with Gasteiger partial charge in [0.25, 0.3) is 5.91 Å². The molecule has 0 unspecified atom stereocenters. The van der Waals surface area contributed by atoms with E-state index in [-0.39, 0.29) is 11.3 Å². The van der Waals surface area contributed by atoms with Crippen LogP contribution in [-0.2, 0) is 4.74 Å². The van der Waals surface area contributed by atoms with Gasteiger partial charge in [-0.25, -0.2) is 0 Å². The van der Waals surface area contributed by atoms with Crippen LogP contribution in [0.3, 0.4) is 0 Å². The number of ether oxygens (including phenoxy) is 2. The van der Waals surface area contributed by atoms with Gasteiger partial charge in [-0.15, -0.1) is 0 Å². The molecule has 4 nitrogen and oxygen atoms in total. The van der Waals surface area contributed by atoms with Crippen molar-refractivity contribution in [2.45, 2.75) is 34.1 Å². The predicted octanol–water partition coefficient (Wildman–Crippen LogP) is 4.93. The van der Waals surface area contributed by atoms with Crippen molar-refractivity contribution in [2.75, 3.05) is 26.4 Å². The lowest BCUT2D eigenvalue weighted by Crippen LogP contribution is -2.27. The van der Waals surface area contributed by atoms with Crippen LogP contribution >= 0.6 is 0 Å². The monoisotopic (exact) mass is 369 g/mol. The van der Waals surface area contributed by atoms with Gasteiger partial charge in [-0.1, -0.05) is 45.0 Å². The van der Waals surface area contributed by atoms with Crippen LogP contribution in [0.1, 0.15) is 44.5 Å². The molecule has 0 spiro atoms. The van der Waals surface area contributed by atoms with E-state index in [1.807, 2.05) is 55.5 Å². The molecule has 1 amide bonds. The SMILES string of the molecule is CCOCCOc1cccc(-c2ccc(C(=O)NCCC(C)(C)C)cc2)c1. The molecule has 0 aliphatic heterocycles. The lowest BCUT2D eigenvalue weighted by molar-refractivity contribution is 0.0949. The maximum Gasteiger partial charge on any atom is 0.251 e. The van der Waals surface area contributed by atoms with Crippen LogP contribution < -0.4 is 10.1 Å². The third-order valence-electron chi connectivity index (χ3n) is 4.18. The van der Waals surface area contributed by atoms with Gasteiger partial charge in [-0.3, -0.25) is 4.79 Å². The Balaban J connectivity index is 1.95. The molecule has 2 aromatic carbocycles. The number of nitrogens with one attached hydrogen (secondary N) is 1. The van der Waals surface area contributed by atoms with Crippen molar-refractivity contribution in [1.82, 2.24) is 5.32 Å². The van der Waals surface area contributed by atoms with Gasteiger partial charge in [0.2, 0.25) is 0 Å². The van der Waals surface area contributed by atoms with Crippen molar-refractivity contribution in [1.29, 1.82) is 0 Å². The predicted molar refractivity (Wildman–Crippen MR) is 110 cm³/mol. The number of benzene rings is 2. The zero-order valence-electron chi connectivity index (χ0n) is 16.9. The molecule has 0 radical (unpaired) electrons. The van der Waals surface area contributed by atoms with Crippen molar-refractivity contribution < 1.29 is 14.3 Å². The normalized spacial score (nSPS) is 11.3. The minimum absolute atomic E-state index is 0.0289. The van der Waals surface area contributed by atoms with Crippen LogP contribution in [0.25, 0.3) is 11.1 Å². The van der Waals surface area contributed by atoms with Crippen molar-refractivity contribution in [3.05, 3.63) is 54.1 Å². The quantitative estimate of drug-likeness (QED) is 0.637. The minimum atomic E-state index is -0.0289. The summed E-state index contributed by atoms with van der Waals surface area (Å²) in [5.74, 6) is 0.787. The molecule has 0 aromatic heterocycles. The summed E-state index contributed by atoms with van der Waals surface area (Å²) in [6, 6.07) is 15.6. The molecule has 0 aliphatic rings. The third kappa shape index (κ3) is 7.43. The Hall–Kier alpha value is -2.33. The molecule has 1 N–H and O–H groups in total. The van der Waals surface area contributed by atoms with Gasteiger partial charge >= 0.3 is 0 Å². The summed E-state index contributed by atoms with van der Waals surface area (Å²) in [5, 5.41) is 2.99. The van der Waals surface area contributed by atoms with Crippen molar-refractivity contribution >= 4 is 5.91 Å². The second kappa shape index (κ2) is 10.1. The maximum absolute atomic E-state index is 12.3. The first-order valence-corrected chi connectivity index (χ1v) is 9.58. The van der Waals surface area contributed by atoms with Crippen LogP contribution in [0.2, 0.25) is 0 Å². The minimum Gasteiger partial charge on any atom is -0.491 e. The molecule has 0 atom stereocenters. The molecule has 2 aromatic rings. The van der Waals surface area contributed by atoms with Gasteiger partial charge in [0, 0.05) is 18.7 Å². The summed E-state index contributed by atoms with van der Waals surface area (Å²) in [6.07, 6.45) is 0.951. The molecule has 0 aliphatic carbocycles. The van der Waals surface area contributed by atoms with Crippen LogP contribution in [0.4, 0.5) is 0 Å². The number of hydrogen-bond donors (Lipinski definition) is 1. The molecule has 0 saturated heterocycles.